The van der Waals surface area contributed by atoms with E-state index in [1.54, 1.807) is 0 Å². The Labute approximate surface area is 126 Å². The minimum Gasteiger partial charge on any atom is -0.379 e. The highest BCUT2D eigenvalue weighted by Crippen LogP contribution is 2.14. The first-order valence-electron chi connectivity index (χ1n) is 8.14. The monoisotopic (exact) mass is 305 g/mol. The predicted molar refractivity (Wildman–Crippen MR) is 79.9 cm³/mol. The maximum atomic E-state index is 12.4. The zero-order valence-corrected chi connectivity index (χ0v) is 13.2. The molecule has 0 saturated carbocycles. The van der Waals surface area contributed by atoms with Gasteiger partial charge in [0.15, 0.2) is 0 Å². The molecule has 2 aliphatic rings. The van der Waals surface area contributed by atoms with Gasteiger partial charge in [0.25, 0.3) is 6.43 Å². The lowest BCUT2D eigenvalue weighted by Gasteiger charge is -2.39. The summed E-state index contributed by atoms with van der Waals surface area (Å²) in [6.45, 7) is 9.61. The fraction of sp³-hybridized carbons (Fsp3) is 1.00. The molecule has 0 spiro atoms. The maximum absolute atomic E-state index is 12.4. The molecule has 21 heavy (non-hydrogen) atoms. The summed E-state index contributed by atoms with van der Waals surface area (Å²) in [5.41, 5.74) is 0. The Bertz CT molecular complexity index is 293. The quantitative estimate of drug-likeness (QED) is 0.803. The van der Waals surface area contributed by atoms with Crippen molar-refractivity contribution >= 4 is 0 Å². The van der Waals surface area contributed by atoms with Gasteiger partial charge >= 0.3 is 0 Å². The molecule has 0 aromatic heterocycles. The first-order valence-corrected chi connectivity index (χ1v) is 8.14. The number of likely N-dealkylation sites (tertiary alicyclic amines) is 1. The molecule has 0 amide bonds. The molecule has 0 radical (unpaired) electrons. The topological polar surface area (TPSA) is 27.7 Å². The lowest BCUT2D eigenvalue weighted by atomic mass is 10.0. The second kappa shape index (κ2) is 8.36. The van der Waals surface area contributed by atoms with Gasteiger partial charge < -0.3 is 10.1 Å². The lowest BCUT2D eigenvalue weighted by Crippen LogP contribution is -2.54. The van der Waals surface area contributed by atoms with E-state index >= 15 is 0 Å². The van der Waals surface area contributed by atoms with Crippen LogP contribution < -0.4 is 5.32 Å². The van der Waals surface area contributed by atoms with Crippen molar-refractivity contribution in [2.24, 2.45) is 0 Å². The van der Waals surface area contributed by atoms with Crippen molar-refractivity contribution in [2.75, 3.05) is 45.9 Å². The van der Waals surface area contributed by atoms with Crippen molar-refractivity contribution < 1.29 is 13.5 Å². The molecule has 0 aromatic rings. The van der Waals surface area contributed by atoms with Gasteiger partial charge in [-0.2, -0.15) is 0 Å². The molecular formula is C15H29F2N3O. The summed E-state index contributed by atoms with van der Waals surface area (Å²) in [6, 6.07) is 1.35. The Hall–Kier alpha value is -0.300. The van der Waals surface area contributed by atoms with Crippen LogP contribution in [0.25, 0.3) is 0 Å². The van der Waals surface area contributed by atoms with E-state index in [1.807, 2.05) is 4.90 Å². The summed E-state index contributed by atoms with van der Waals surface area (Å²) in [5.74, 6) is 0. The van der Waals surface area contributed by atoms with Crippen molar-refractivity contribution in [3.05, 3.63) is 0 Å². The summed E-state index contributed by atoms with van der Waals surface area (Å²) < 4.78 is 30.1. The van der Waals surface area contributed by atoms with Gasteiger partial charge in [0, 0.05) is 31.2 Å². The number of morpholine rings is 1. The van der Waals surface area contributed by atoms with E-state index in [1.165, 1.54) is 0 Å². The zero-order valence-electron chi connectivity index (χ0n) is 13.2. The summed E-state index contributed by atoms with van der Waals surface area (Å²) in [5, 5.41) is 3.69. The van der Waals surface area contributed by atoms with Crippen LogP contribution in [0.4, 0.5) is 8.78 Å². The SMILES string of the molecule is C[C@H](NC1CCN(CC(F)F)CC1)[C@@H](C)N1CCOCC1. The number of rotatable bonds is 6. The average molecular weight is 305 g/mol. The first-order chi connectivity index (χ1) is 10.1. The van der Waals surface area contributed by atoms with Gasteiger partial charge in [-0.1, -0.05) is 0 Å². The number of halogens is 2. The Morgan fingerprint density at radius 2 is 1.71 bits per heavy atom. The van der Waals surface area contributed by atoms with Gasteiger partial charge in [-0.05, 0) is 39.8 Å². The van der Waals surface area contributed by atoms with Crippen molar-refractivity contribution in [3.63, 3.8) is 0 Å². The van der Waals surface area contributed by atoms with Gasteiger partial charge in [-0.25, -0.2) is 8.78 Å². The molecule has 2 rings (SSSR count). The van der Waals surface area contributed by atoms with Gasteiger partial charge in [-0.3, -0.25) is 9.80 Å². The summed E-state index contributed by atoms with van der Waals surface area (Å²) in [4.78, 5) is 4.34. The van der Waals surface area contributed by atoms with Gasteiger partial charge in [0.05, 0.1) is 19.8 Å². The van der Waals surface area contributed by atoms with Crippen LogP contribution in [0.1, 0.15) is 26.7 Å². The number of hydrogen-bond donors (Lipinski definition) is 1. The standard InChI is InChI=1S/C15H29F2N3O/c1-12(13(2)20-7-9-21-10-8-20)18-14-3-5-19(6-4-14)11-15(16)17/h12-15,18H,3-11H2,1-2H3/t12-,13+/m0/s1. The highest BCUT2D eigenvalue weighted by atomic mass is 19.3. The molecule has 2 heterocycles. The van der Waals surface area contributed by atoms with Crippen LogP contribution in [-0.4, -0.2) is 80.3 Å². The predicted octanol–water partition coefficient (Wildman–Crippen LogP) is 1.41. The summed E-state index contributed by atoms with van der Waals surface area (Å²) in [7, 11) is 0. The molecule has 6 heteroatoms. The van der Waals surface area contributed by atoms with Gasteiger partial charge in [0.2, 0.25) is 0 Å². The van der Waals surface area contributed by atoms with E-state index in [4.69, 9.17) is 4.74 Å². The second-order valence-electron chi connectivity index (χ2n) is 6.31. The number of nitrogens with one attached hydrogen (secondary N) is 1. The lowest BCUT2D eigenvalue weighted by molar-refractivity contribution is 0.0115. The average Bonchev–Trinajstić information content (AvgIpc) is 2.49. The molecule has 1 N–H and O–H groups in total. The molecule has 0 bridgehead atoms. The highest BCUT2D eigenvalue weighted by molar-refractivity contribution is 4.85. The van der Waals surface area contributed by atoms with Gasteiger partial charge in [0.1, 0.15) is 0 Å². The van der Waals surface area contributed by atoms with E-state index in [9.17, 15) is 8.78 Å². The number of ether oxygens (including phenoxy) is 1. The number of hydrogen-bond acceptors (Lipinski definition) is 4. The third-order valence-electron chi connectivity index (χ3n) is 4.83. The van der Waals surface area contributed by atoms with Crippen LogP contribution in [0.3, 0.4) is 0 Å². The number of piperidine rings is 1. The normalized spacial score (nSPS) is 26.1. The Morgan fingerprint density at radius 1 is 1.10 bits per heavy atom. The highest BCUT2D eigenvalue weighted by Gasteiger charge is 2.26. The first kappa shape index (κ1) is 17.1. The molecule has 2 saturated heterocycles. The van der Waals surface area contributed by atoms with E-state index in [0.29, 0.717) is 18.1 Å². The fourth-order valence-electron chi connectivity index (χ4n) is 3.29. The van der Waals surface area contributed by atoms with E-state index in [0.717, 1.165) is 52.2 Å². The molecule has 0 aromatic carbocycles. The molecule has 0 aliphatic carbocycles. The van der Waals surface area contributed by atoms with Crippen molar-refractivity contribution in [1.29, 1.82) is 0 Å². The smallest absolute Gasteiger partial charge is 0.251 e. The summed E-state index contributed by atoms with van der Waals surface area (Å²) in [6.07, 6.45) is -0.283. The van der Waals surface area contributed by atoms with Gasteiger partial charge in [-0.15, -0.1) is 0 Å². The van der Waals surface area contributed by atoms with Crippen molar-refractivity contribution in [2.45, 2.75) is 51.2 Å². The van der Waals surface area contributed by atoms with Crippen LogP contribution in [-0.2, 0) is 4.74 Å². The second-order valence-corrected chi connectivity index (χ2v) is 6.31. The number of alkyl halides is 2. The number of nitrogens with zero attached hydrogens (tertiary/aromatic N) is 2. The molecule has 2 fully saturated rings. The van der Waals surface area contributed by atoms with Crippen LogP contribution >= 0.6 is 0 Å². The van der Waals surface area contributed by atoms with Crippen molar-refractivity contribution in [1.82, 2.24) is 15.1 Å². The molecule has 4 nitrogen and oxygen atoms in total. The van der Waals surface area contributed by atoms with Crippen LogP contribution in [0.15, 0.2) is 0 Å². The Morgan fingerprint density at radius 3 is 2.29 bits per heavy atom. The zero-order chi connectivity index (χ0) is 15.2. The van der Waals surface area contributed by atoms with Crippen LogP contribution in [0.2, 0.25) is 0 Å². The van der Waals surface area contributed by atoms with E-state index < -0.39 is 6.43 Å². The third-order valence-corrected chi connectivity index (χ3v) is 4.83. The minimum absolute atomic E-state index is 0.0769. The largest absolute Gasteiger partial charge is 0.379 e. The van der Waals surface area contributed by atoms with Crippen molar-refractivity contribution in [3.8, 4) is 0 Å². The molecule has 2 aliphatic heterocycles. The van der Waals surface area contributed by atoms with E-state index in [-0.39, 0.29) is 6.54 Å². The summed E-state index contributed by atoms with van der Waals surface area (Å²) >= 11 is 0. The van der Waals surface area contributed by atoms with E-state index in [2.05, 4.69) is 24.1 Å². The molecule has 124 valence electrons. The Kier molecular flexibility index (Phi) is 6.79. The minimum atomic E-state index is -2.21. The van der Waals surface area contributed by atoms with Crippen LogP contribution in [0.5, 0.6) is 0 Å². The Balaban J connectivity index is 1.69. The molecular weight excluding hydrogens is 276 g/mol. The fourth-order valence-corrected chi connectivity index (χ4v) is 3.29. The maximum Gasteiger partial charge on any atom is 0.251 e. The third kappa shape index (κ3) is 5.43. The molecule has 2 atom stereocenters. The molecule has 0 unspecified atom stereocenters. The van der Waals surface area contributed by atoms with Crippen LogP contribution in [0, 0.1) is 0 Å².